The molecule has 0 aliphatic heterocycles. The van der Waals surface area contributed by atoms with Crippen molar-refractivity contribution in [3.63, 3.8) is 0 Å². The average Bonchev–Trinajstić information content (AvgIpc) is 2.34. The number of nitrogens with one attached hydrogen (secondary N) is 1. The minimum absolute atomic E-state index is 0.445. The van der Waals surface area contributed by atoms with Gasteiger partial charge >= 0.3 is 0 Å². The van der Waals surface area contributed by atoms with Crippen molar-refractivity contribution in [2.45, 2.75) is 20.8 Å². The van der Waals surface area contributed by atoms with Gasteiger partial charge in [0.1, 0.15) is 5.82 Å². The van der Waals surface area contributed by atoms with E-state index in [-0.39, 0.29) is 0 Å². The van der Waals surface area contributed by atoms with E-state index in [1.807, 2.05) is 13.0 Å². The largest absolute Gasteiger partial charge is 0.476 e. The van der Waals surface area contributed by atoms with Gasteiger partial charge in [-0.2, -0.15) is 4.98 Å². The highest BCUT2D eigenvalue weighted by molar-refractivity contribution is 5.53. The first-order valence-electron chi connectivity index (χ1n) is 6.34. The van der Waals surface area contributed by atoms with Crippen molar-refractivity contribution < 1.29 is 9.47 Å². The summed E-state index contributed by atoms with van der Waals surface area (Å²) in [6.45, 7) is 8.85. The zero-order chi connectivity index (χ0) is 13.4. The van der Waals surface area contributed by atoms with Crippen molar-refractivity contribution in [3.05, 3.63) is 12.1 Å². The Hall–Kier alpha value is -1.49. The summed E-state index contributed by atoms with van der Waals surface area (Å²) in [5.41, 5.74) is 6.37. The summed E-state index contributed by atoms with van der Waals surface area (Å²) in [4.78, 5) is 4.33. The monoisotopic (exact) mass is 253 g/mol. The molecule has 5 heteroatoms. The number of aromatic nitrogens is 1. The molecule has 0 atom stereocenters. The molecule has 1 heterocycles. The third-order valence-corrected chi connectivity index (χ3v) is 2.20. The summed E-state index contributed by atoms with van der Waals surface area (Å²) in [6, 6.07) is 3.63. The van der Waals surface area contributed by atoms with Crippen LogP contribution in [0.1, 0.15) is 20.8 Å². The van der Waals surface area contributed by atoms with Gasteiger partial charge in [0.2, 0.25) is 5.88 Å². The maximum Gasteiger partial charge on any atom is 0.239 e. The second-order valence-corrected chi connectivity index (χ2v) is 4.42. The minimum atomic E-state index is 0.445. The first kappa shape index (κ1) is 14.6. The molecule has 0 amide bonds. The van der Waals surface area contributed by atoms with Crippen LogP contribution >= 0.6 is 0 Å². The van der Waals surface area contributed by atoms with E-state index in [0.717, 1.165) is 12.4 Å². The molecule has 0 aliphatic carbocycles. The summed E-state index contributed by atoms with van der Waals surface area (Å²) in [5.74, 6) is 1.69. The molecule has 1 aromatic heterocycles. The van der Waals surface area contributed by atoms with Crippen LogP contribution in [-0.4, -0.2) is 31.3 Å². The molecule has 0 unspecified atom stereocenters. The Morgan fingerprint density at radius 3 is 2.83 bits per heavy atom. The predicted molar refractivity (Wildman–Crippen MR) is 74.0 cm³/mol. The highest BCUT2D eigenvalue weighted by Gasteiger charge is 2.05. The number of ether oxygens (including phenoxy) is 2. The van der Waals surface area contributed by atoms with Crippen LogP contribution in [0.5, 0.6) is 5.88 Å². The molecule has 1 aromatic rings. The summed E-state index contributed by atoms with van der Waals surface area (Å²) in [6.07, 6.45) is 0. The number of pyridine rings is 1. The molecular weight excluding hydrogens is 230 g/mol. The highest BCUT2D eigenvalue weighted by Crippen LogP contribution is 2.21. The lowest BCUT2D eigenvalue weighted by Crippen LogP contribution is -2.12. The van der Waals surface area contributed by atoms with E-state index in [9.17, 15) is 0 Å². The summed E-state index contributed by atoms with van der Waals surface area (Å²) >= 11 is 0. The Bertz CT molecular complexity index is 356. The maximum atomic E-state index is 5.81. The number of hydrogen-bond acceptors (Lipinski definition) is 5. The van der Waals surface area contributed by atoms with Gasteiger partial charge in [-0.05, 0) is 25.0 Å². The van der Waals surface area contributed by atoms with E-state index in [2.05, 4.69) is 24.1 Å². The SMILES string of the molecule is CCOCCNc1ccc(N)c(OCC(C)C)n1. The topological polar surface area (TPSA) is 69.4 Å². The van der Waals surface area contributed by atoms with Crippen molar-refractivity contribution in [1.29, 1.82) is 0 Å². The Balaban J connectivity index is 2.51. The third kappa shape index (κ3) is 5.23. The van der Waals surface area contributed by atoms with Gasteiger partial charge in [0.05, 0.1) is 18.9 Å². The molecular formula is C13H23N3O2. The van der Waals surface area contributed by atoms with Gasteiger partial charge in [0, 0.05) is 13.2 Å². The van der Waals surface area contributed by atoms with Crippen LogP contribution in [0.15, 0.2) is 12.1 Å². The Morgan fingerprint density at radius 1 is 1.39 bits per heavy atom. The number of hydrogen-bond donors (Lipinski definition) is 2. The van der Waals surface area contributed by atoms with Gasteiger partial charge < -0.3 is 20.5 Å². The van der Waals surface area contributed by atoms with Crippen molar-refractivity contribution in [1.82, 2.24) is 4.98 Å². The standard InChI is InChI=1S/C13H23N3O2/c1-4-17-8-7-15-12-6-5-11(14)13(16-12)18-9-10(2)3/h5-6,10H,4,7-9,14H2,1-3H3,(H,15,16). The van der Waals surface area contributed by atoms with Gasteiger partial charge in [-0.25, -0.2) is 0 Å². The van der Waals surface area contributed by atoms with Gasteiger partial charge in [-0.1, -0.05) is 13.8 Å². The number of nitrogen functional groups attached to an aromatic ring is 1. The smallest absolute Gasteiger partial charge is 0.239 e. The molecule has 0 saturated carbocycles. The number of rotatable bonds is 8. The van der Waals surface area contributed by atoms with Crippen LogP contribution in [0.3, 0.4) is 0 Å². The second kappa shape index (κ2) is 7.76. The van der Waals surface area contributed by atoms with E-state index < -0.39 is 0 Å². The zero-order valence-corrected chi connectivity index (χ0v) is 11.4. The van der Waals surface area contributed by atoms with E-state index in [1.54, 1.807) is 6.07 Å². The first-order valence-corrected chi connectivity index (χ1v) is 6.34. The van der Waals surface area contributed by atoms with Crippen LogP contribution in [0.4, 0.5) is 11.5 Å². The molecule has 0 bridgehead atoms. The summed E-state index contributed by atoms with van der Waals surface area (Å²) < 4.78 is 10.8. The molecule has 0 aliphatic rings. The molecule has 0 saturated heterocycles. The molecule has 0 fully saturated rings. The van der Waals surface area contributed by atoms with E-state index in [1.165, 1.54) is 0 Å². The van der Waals surface area contributed by atoms with Crippen LogP contribution in [0.25, 0.3) is 0 Å². The van der Waals surface area contributed by atoms with Crippen LogP contribution in [-0.2, 0) is 4.74 Å². The Morgan fingerprint density at radius 2 is 2.17 bits per heavy atom. The highest BCUT2D eigenvalue weighted by atomic mass is 16.5. The van der Waals surface area contributed by atoms with Gasteiger partial charge in [-0.3, -0.25) is 0 Å². The van der Waals surface area contributed by atoms with Crippen LogP contribution in [0.2, 0.25) is 0 Å². The lowest BCUT2D eigenvalue weighted by Gasteiger charge is -2.12. The second-order valence-electron chi connectivity index (χ2n) is 4.42. The van der Waals surface area contributed by atoms with Gasteiger partial charge in [0.15, 0.2) is 0 Å². The molecule has 3 N–H and O–H groups in total. The van der Waals surface area contributed by atoms with Gasteiger partial charge in [0.25, 0.3) is 0 Å². The summed E-state index contributed by atoms with van der Waals surface area (Å²) in [5, 5.41) is 3.16. The number of nitrogens with two attached hydrogens (primary N) is 1. The molecule has 18 heavy (non-hydrogen) atoms. The molecule has 0 radical (unpaired) electrons. The molecule has 0 spiro atoms. The van der Waals surface area contributed by atoms with Crippen molar-refractivity contribution in [2.75, 3.05) is 37.4 Å². The zero-order valence-electron chi connectivity index (χ0n) is 11.4. The van der Waals surface area contributed by atoms with Crippen LogP contribution in [0, 0.1) is 5.92 Å². The third-order valence-electron chi connectivity index (χ3n) is 2.20. The fourth-order valence-electron chi connectivity index (χ4n) is 1.31. The molecule has 0 aromatic carbocycles. The minimum Gasteiger partial charge on any atom is -0.476 e. The number of anilines is 2. The quantitative estimate of drug-likeness (QED) is 0.695. The van der Waals surface area contributed by atoms with Crippen molar-refractivity contribution >= 4 is 11.5 Å². The van der Waals surface area contributed by atoms with E-state index in [4.69, 9.17) is 15.2 Å². The fourth-order valence-corrected chi connectivity index (χ4v) is 1.31. The van der Waals surface area contributed by atoms with Crippen molar-refractivity contribution in [3.8, 4) is 5.88 Å². The lowest BCUT2D eigenvalue weighted by molar-refractivity contribution is 0.158. The fraction of sp³-hybridized carbons (Fsp3) is 0.615. The lowest BCUT2D eigenvalue weighted by atomic mass is 10.2. The van der Waals surface area contributed by atoms with E-state index >= 15 is 0 Å². The Labute approximate surface area is 109 Å². The summed E-state index contributed by atoms with van der Waals surface area (Å²) in [7, 11) is 0. The molecule has 5 nitrogen and oxygen atoms in total. The van der Waals surface area contributed by atoms with Crippen molar-refractivity contribution in [2.24, 2.45) is 5.92 Å². The van der Waals surface area contributed by atoms with Gasteiger partial charge in [-0.15, -0.1) is 0 Å². The predicted octanol–water partition coefficient (Wildman–Crippen LogP) is 2.15. The normalized spacial score (nSPS) is 10.7. The maximum absolute atomic E-state index is 5.81. The average molecular weight is 253 g/mol. The van der Waals surface area contributed by atoms with Crippen LogP contribution < -0.4 is 15.8 Å². The molecule has 102 valence electrons. The first-order chi connectivity index (χ1) is 8.63. The molecule has 1 rings (SSSR count). The number of nitrogens with zero attached hydrogens (tertiary/aromatic N) is 1. The van der Waals surface area contributed by atoms with E-state index in [0.29, 0.717) is 37.2 Å². The Kier molecular flexibility index (Phi) is 6.28.